The number of carbonyl (C=O) groups is 1. The van der Waals surface area contributed by atoms with Crippen LogP contribution in [0.5, 0.6) is 0 Å². The molecule has 1 aromatic carbocycles. The van der Waals surface area contributed by atoms with Crippen LogP contribution in [0.3, 0.4) is 0 Å². The fraction of sp³-hybridized carbons (Fsp3) is 0.588. The van der Waals surface area contributed by atoms with Crippen LogP contribution in [0, 0.1) is 5.82 Å². The maximum atomic E-state index is 14.1. The number of halogens is 1. The van der Waals surface area contributed by atoms with Crippen LogP contribution in [0.2, 0.25) is 0 Å². The summed E-state index contributed by atoms with van der Waals surface area (Å²) in [7, 11) is -3.87. The maximum Gasteiger partial charge on any atom is 0.494 e. The molecule has 6 nitrogen and oxygen atoms in total. The summed E-state index contributed by atoms with van der Waals surface area (Å²) >= 11 is 0. The Kier molecular flexibility index (Phi) is 4.69. The van der Waals surface area contributed by atoms with E-state index in [0.717, 1.165) is 6.07 Å². The van der Waals surface area contributed by atoms with E-state index in [1.54, 1.807) is 6.07 Å². The first kappa shape index (κ1) is 19.3. The zero-order valence-electron chi connectivity index (χ0n) is 15.4. The Balaban J connectivity index is 1.84. The van der Waals surface area contributed by atoms with Crippen molar-refractivity contribution in [3.63, 3.8) is 0 Å². The monoisotopic (exact) mass is 383 g/mol. The number of carbonyl (C=O) groups excluding carboxylic acids is 1. The van der Waals surface area contributed by atoms with Gasteiger partial charge in [0.2, 0.25) is 0 Å². The second-order valence-corrected chi connectivity index (χ2v) is 10.1. The average Bonchev–Trinajstić information content (AvgIpc) is 2.74. The molecule has 0 radical (unpaired) electrons. The average molecular weight is 383 g/mol. The van der Waals surface area contributed by atoms with Crippen molar-refractivity contribution in [2.24, 2.45) is 0 Å². The summed E-state index contributed by atoms with van der Waals surface area (Å²) in [6.07, 6.45) is 0. The zero-order valence-corrected chi connectivity index (χ0v) is 16.2. The third-order valence-electron chi connectivity index (χ3n) is 5.32. The maximum absolute atomic E-state index is 14.1. The highest BCUT2D eigenvalue weighted by Crippen LogP contribution is 2.36. The highest BCUT2D eigenvalue weighted by atomic mass is 32.2. The Bertz CT molecular complexity index is 810. The van der Waals surface area contributed by atoms with E-state index in [4.69, 9.17) is 9.31 Å². The molecule has 2 fully saturated rings. The lowest BCUT2D eigenvalue weighted by Gasteiger charge is -2.32. The van der Waals surface area contributed by atoms with Crippen molar-refractivity contribution in [1.82, 2.24) is 4.90 Å². The van der Waals surface area contributed by atoms with E-state index in [1.165, 1.54) is 11.0 Å². The smallest absolute Gasteiger partial charge is 0.399 e. The number of nitrogens with zero attached hydrogens (tertiary/aromatic N) is 1. The van der Waals surface area contributed by atoms with Gasteiger partial charge in [0.15, 0.2) is 9.84 Å². The topological polar surface area (TPSA) is 72.9 Å². The molecule has 2 aliphatic rings. The quantitative estimate of drug-likeness (QED) is 0.713. The molecule has 0 bridgehead atoms. The standard InChI is InChI=1S/C17H23BFNO5S/c1-16(2)17(3,4)25-18(24-16)13-9-12(10-14(19)11-13)15(21)20-5-7-26(22,23)8-6-20/h9-11H,5-8H2,1-4H3. The van der Waals surface area contributed by atoms with Crippen molar-refractivity contribution in [2.45, 2.75) is 38.9 Å². The Morgan fingerprint density at radius 2 is 1.62 bits per heavy atom. The Labute approximate surface area is 153 Å². The molecule has 2 aliphatic heterocycles. The van der Waals surface area contributed by atoms with Gasteiger partial charge in [0.1, 0.15) is 5.82 Å². The molecule has 9 heteroatoms. The Hall–Kier alpha value is -1.45. The molecule has 1 aromatic rings. The van der Waals surface area contributed by atoms with Crippen LogP contribution in [0.1, 0.15) is 38.1 Å². The second-order valence-electron chi connectivity index (χ2n) is 7.81. The molecule has 3 rings (SSSR count). The van der Waals surface area contributed by atoms with Crippen LogP contribution in [0.15, 0.2) is 18.2 Å². The molecule has 26 heavy (non-hydrogen) atoms. The lowest BCUT2D eigenvalue weighted by Crippen LogP contribution is -2.44. The van der Waals surface area contributed by atoms with Gasteiger partial charge in [0.05, 0.1) is 22.7 Å². The fourth-order valence-electron chi connectivity index (χ4n) is 2.95. The SMILES string of the molecule is CC1(C)OB(c2cc(F)cc(C(=O)N3CCS(=O)(=O)CC3)c2)OC1(C)C. The largest absolute Gasteiger partial charge is 0.494 e. The van der Waals surface area contributed by atoms with E-state index in [1.807, 2.05) is 27.7 Å². The van der Waals surface area contributed by atoms with E-state index >= 15 is 0 Å². The summed E-state index contributed by atoms with van der Waals surface area (Å²) < 4.78 is 49.0. The molecule has 0 atom stereocenters. The third-order valence-corrected chi connectivity index (χ3v) is 6.93. The number of hydrogen-bond acceptors (Lipinski definition) is 5. The number of sulfone groups is 1. The minimum Gasteiger partial charge on any atom is -0.399 e. The minimum absolute atomic E-state index is 0.0713. The highest BCUT2D eigenvalue weighted by molar-refractivity contribution is 7.91. The Morgan fingerprint density at radius 3 is 2.15 bits per heavy atom. The first-order valence-electron chi connectivity index (χ1n) is 8.56. The van der Waals surface area contributed by atoms with Crippen molar-refractivity contribution in [2.75, 3.05) is 24.6 Å². The molecule has 0 aromatic heterocycles. The fourth-order valence-corrected chi connectivity index (χ4v) is 4.15. The van der Waals surface area contributed by atoms with Gasteiger partial charge in [-0.3, -0.25) is 4.79 Å². The van der Waals surface area contributed by atoms with E-state index in [9.17, 15) is 17.6 Å². The summed E-state index contributed by atoms with van der Waals surface area (Å²) in [5, 5.41) is 0. The molecule has 2 heterocycles. The molecule has 1 amide bonds. The van der Waals surface area contributed by atoms with E-state index in [2.05, 4.69) is 0 Å². The van der Waals surface area contributed by atoms with Gasteiger partial charge < -0.3 is 14.2 Å². The summed E-state index contributed by atoms with van der Waals surface area (Å²) in [5.74, 6) is -1.10. The van der Waals surface area contributed by atoms with Crippen molar-refractivity contribution in [3.05, 3.63) is 29.6 Å². The first-order chi connectivity index (χ1) is 11.9. The van der Waals surface area contributed by atoms with Crippen LogP contribution < -0.4 is 5.46 Å². The minimum atomic E-state index is -3.09. The second kappa shape index (κ2) is 6.32. The number of amides is 1. The number of hydrogen-bond donors (Lipinski definition) is 0. The van der Waals surface area contributed by atoms with Gasteiger partial charge in [-0.2, -0.15) is 0 Å². The van der Waals surface area contributed by atoms with Crippen molar-refractivity contribution < 1.29 is 26.9 Å². The van der Waals surface area contributed by atoms with Crippen LogP contribution >= 0.6 is 0 Å². The Morgan fingerprint density at radius 1 is 1.08 bits per heavy atom. The van der Waals surface area contributed by atoms with Crippen LogP contribution in [0.4, 0.5) is 4.39 Å². The molecule has 0 N–H and O–H groups in total. The molecule has 0 aliphatic carbocycles. The van der Waals surface area contributed by atoms with Crippen molar-refractivity contribution in [1.29, 1.82) is 0 Å². The van der Waals surface area contributed by atoms with Crippen LogP contribution in [-0.2, 0) is 19.1 Å². The van der Waals surface area contributed by atoms with Gasteiger partial charge in [-0.15, -0.1) is 0 Å². The molecule has 142 valence electrons. The molecule has 2 saturated heterocycles. The molecule has 0 spiro atoms. The third kappa shape index (κ3) is 3.65. The van der Waals surface area contributed by atoms with Gasteiger partial charge in [0.25, 0.3) is 5.91 Å². The summed E-state index contributed by atoms with van der Waals surface area (Å²) in [6, 6.07) is 4.00. The van der Waals surface area contributed by atoms with Gasteiger partial charge in [0, 0.05) is 18.7 Å². The van der Waals surface area contributed by atoms with Gasteiger partial charge in [-0.1, -0.05) is 0 Å². The summed E-state index contributed by atoms with van der Waals surface area (Å²) in [4.78, 5) is 14.1. The van der Waals surface area contributed by atoms with Crippen LogP contribution in [-0.4, -0.2) is 62.1 Å². The first-order valence-corrected chi connectivity index (χ1v) is 10.4. The normalized spacial score (nSPS) is 23.9. The zero-order chi connectivity index (χ0) is 19.3. The summed E-state index contributed by atoms with van der Waals surface area (Å²) in [5.41, 5.74) is -0.559. The lowest BCUT2D eigenvalue weighted by atomic mass is 9.78. The highest BCUT2D eigenvalue weighted by Gasteiger charge is 2.51. The number of rotatable bonds is 2. The number of benzene rings is 1. The molecular formula is C17H23BFNO5S. The predicted octanol–water partition coefficient (Wildman–Crippen LogP) is 0.995. The summed E-state index contributed by atoms with van der Waals surface area (Å²) in [6.45, 7) is 7.81. The van der Waals surface area contributed by atoms with Gasteiger partial charge in [-0.25, -0.2) is 12.8 Å². The molecular weight excluding hydrogens is 360 g/mol. The van der Waals surface area contributed by atoms with Gasteiger partial charge in [-0.05, 0) is 51.4 Å². The predicted molar refractivity (Wildman–Crippen MR) is 96.7 cm³/mol. The van der Waals surface area contributed by atoms with Crippen molar-refractivity contribution in [3.8, 4) is 0 Å². The van der Waals surface area contributed by atoms with E-state index < -0.39 is 39.9 Å². The van der Waals surface area contributed by atoms with E-state index in [-0.39, 0.29) is 30.2 Å². The molecule has 0 saturated carbocycles. The van der Waals surface area contributed by atoms with Gasteiger partial charge >= 0.3 is 7.12 Å². The van der Waals surface area contributed by atoms with E-state index in [0.29, 0.717) is 5.46 Å². The van der Waals surface area contributed by atoms with Crippen LogP contribution in [0.25, 0.3) is 0 Å². The lowest BCUT2D eigenvalue weighted by molar-refractivity contribution is 0.00578. The molecule has 0 unspecified atom stereocenters. The van der Waals surface area contributed by atoms with Crippen molar-refractivity contribution >= 4 is 28.3 Å².